The molecular weight excluding hydrogens is 364 g/mol. The van der Waals surface area contributed by atoms with Crippen LogP contribution >= 0.6 is 0 Å². The summed E-state index contributed by atoms with van der Waals surface area (Å²) in [5.41, 5.74) is 10.6. The number of hydrogen-bond donors (Lipinski definition) is 2. The van der Waals surface area contributed by atoms with Crippen molar-refractivity contribution in [2.24, 2.45) is 5.73 Å². The predicted molar refractivity (Wildman–Crippen MR) is 112 cm³/mol. The minimum absolute atomic E-state index is 0.143. The van der Waals surface area contributed by atoms with Crippen molar-refractivity contribution in [2.45, 2.75) is 50.9 Å². The number of amides is 2. The van der Waals surface area contributed by atoms with Gasteiger partial charge in [0.1, 0.15) is 0 Å². The normalized spacial score (nSPS) is 17.8. The molecule has 0 radical (unpaired) electrons. The molecule has 2 aromatic rings. The molecule has 0 saturated carbocycles. The van der Waals surface area contributed by atoms with Gasteiger partial charge in [-0.05, 0) is 67.2 Å². The van der Waals surface area contributed by atoms with Gasteiger partial charge < -0.3 is 15.6 Å². The third-order valence-corrected chi connectivity index (χ3v) is 6.16. The van der Waals surface area contributed by atoms with E-state index in [1.54, 1.807) is 12.5 Å². The number of aromatic amines is 1. The maximum absolute atomic E-state index is 12.5. The van der Waals surface area contributed by atoms with Gasteiger partial charge in [-0.3, -0.25) is 9.59 Å². The molecule has 0 unspecified atom stereocenters. The second kappa shape index (κ2) is 8.64. The Balaban J connectivity index is 1.46. The van der Waals surface area contributed by atoms with Crippen molar-refractivity contribution in [3.63, 3.8) is 0 Å². The molecule has 0 atom stereocenters. The summed E-state index contributed by atoms with van der Waals surface area (Å²) in [6, 6.07) is 6.10. The van der Waals surface area contributed by atoms with E-state index < -0.39 is 0 Å². The number of nitrogens with one attached hydrogen (secondary N) is 1. The van der Waals surface area contributed by atoms with Crippen molar-refractivity contribution in [3.8, 4) is 0 Å². The summed E-state index contributed by atoms with van der Waals surface area (Å²) in [6.07, 6.45) is 12.2. The first-order valence-corrected chi connectivity index (χ1v) is 10.5. The molecule has 2 aliphatic rings. The topological polar surface area (TPSA) is 92.1 Å². The molecule has 2 heterocycles. The molecule has 2 amide bonds. The Kier molecular flexibility index (Phi) is 5.79. The number of nitrogens with zero attached hydrogens (tertiary/aromatic N) is 2. The number of allylic oxidation sites excluding steroid dienone is 2. The van der Waals surface area contributed by atoms with Crippen LogP contribution in [0.3, 0.4) is 0 Å². The van der Waals surface area contributed by atoms with Crippen molar-refractivity contribution >= 4 is 17.4 Å². The molecule has 29 heavy (non-hydrogen) atoms. The summed E-state index contributed by atoms with van der Waals surface area (Å²) in [5.74, 6) is 0.179. The van der Waals surface area contributed by atoms with Crippen LogP contribution in [0.5, 0.6) is 0 Å². The molecule has 1 fully saturated rings. The van der Waals surface area contributed by atoms with Gasteiger partial charge in [0.15, 0.2) is 0 Å². The fraction of sp³-hybridized carbons (Fsp3) is 0.435. The van der Waals surface area contributed by atoms with E-state index in [-0.39, 0.29) is 11.8 Å². The number of imidazole rings is 1. The smallest absolute Gasteiger partial charge is 0.249 e. The molecule has 6 heteroatoms. The summed E-state index contributed by atoms with van der Waals surface area (Å²) in [7, 11) is 0. The number of hydrogen-bond acceptors (Lipinski definition) is 3. The minimum Gasteiger partial charge on any atom is -0.366 e. The average molecular weight is 393 g/mol. The van der Waals surface area contributed by atoms with Gasteiger partial charge in [-0.25, -0.2) is 4.98 Å². The summed E-state index contributed by atoms with van der Waals surface area (Å²) in [6.45, 7) is 1.51. The zero-order chi connectivity index (χ0) is 20.2. The minimum atomic E-state index is -0.364. The number of likely N-dealkylation sites (tertiary alicyclic amines) is 1. The summed E-state index contributed by atoms with van der Waals surface area (Å²) in [5, 5.41) is 0. The highest BCUT2D eigenvalue weighted by Gasteiger charge is 2.25. The molecule has 1 saturated heterocycles. The Morgan fingerprint density at radius 3 is 2.69 bits per heavy atom. The van der Waals surface area contributed by atoms with Crippen LogP contribution in [0.1, 0.15) is 71.6 Å². The summed E-state index contributed by atoms with van der Waals surface area (Å²) >= 11 is 0. The van der Waals surface area contributed by atoms with E-state index in [0.29, 0.717) is 17.9 Å². The van der Waals surface area contributed by atoms with Crippen LogP contribution in [-0.2, 0) is 11.2 Å². The van der Waals surface area contributed by atoms with Crippen molar-refractivity contribution in [3.05, 3.63) is 59.2 Å². The monoisotopic (exact) mass is 392 g/mol. The van der Waals surface area contributed by atoms with Crippen molar-refractivity contribution < 1.29 is 9.59 Å². The number of aromatic nitrogens is 2. The number of carbonyl (C=O) groups excluding carboxylic acids is 2. The lowest BCUT2D eigenvalue weighted by Gasteiger charge is -2.32. The number of rotatable bonds is 5. The van der Waals surface area contributed by atoms with Gasteiger partial charge in [-0.2, -0.15) is 0 Å². The van der Waals surface area contributed by atoms with Crippen LogP contribution in [-0.4, -0.2) is 39.8 Å². The van der Waals surface area contributed by atoms with Crippen molar-refractivity contribution in [1.29, 1.82) is 0 Å². The molecule has 4 rings (SSSR count). The first-order valence-electron chi connectivity index (χ1n) is 10.5. The van der Waals surface area contributed by atoms with E-state index >= 15 is 0 Å². The van der Waals surface area contributed by atoms with E-state index in [1.807, 2.05) is 17.0 Å². The standard InChI is InChI=1S/C23H28N4O2/c24-23(29)20-7-6-18(12-21(20)17-4-2-1-3-5-17)16-8-10-27(11-9-16)22(28)13-19-14-25-15-26-19/h4,6-7,12,14-16H,1-3,5,8-11,13H2,(H2,24,29)(H,25,26). The van der Waals surface area contributed by atoms with Gasteiger partial charge in [-0.1, -0.05) is 18.2 Å². The Hall–Kier alpha value is -2.89. The summed E-state index contributed by atoms with van der Waals surface area (Å²) in [4.78, 5) is 33.4. The molecular formula is C23H28N4O2. The molecule has 0 spiro atoms. The Morgan fingerprint density at radius 2 is 2.03 bits per heavy atom. The highest BCUT2D eigenvalue weighted by Crippen LogP contribution is 2.34. The van der Waals surface area contributed by atoms with Crippen LogP contribution in [0.15, 0.2) is 36.8 Å². The van der Waals surface area contributed by atoms with Gasteiger partial charge >= 0.3 is 0 Å². The van der Waals surface area contributed by atoms with Crippen LogP contribution < -0.4 is 5.73 Å². The largest absolute Gasteiger partial charge is 0.366 e. The zero-order valence-corrected chi connectivity index (χ0v) is 16.7. The first kappa shape index (κ1) is 19.4. The van der Waals surface area contributed by atoms with E-state index in [2.05, 4.69) is 22.1 Å². The van der Waals surface area contributed by atoms with Crippen LogP contribution in [0.2, 0.25) is 0 Å². The van der Waals surface area contributed by atoms with E-state index in [9.17, 15) is 9.59 Å². The maximum Gasteiger partial charge on any atom is 0.249 e. The molecule has 1 aromatic carbocycles. The van der Waals surface area contributed by atoms with Gasteiger partial charge in [-0.15, -0.1) is 0 Å². The zero-order valence-electron chi connectivity index (χ0n) is 16.7. The SMILES string of the molecule is NC(=O)c1ccc(C2CCN(C(=O)Cc3cnc[nH]3)CC2)cc1C1=CCCCC1. The van der Waals surface area contributed by atoms with E-state index in [0.717, 1.165) is 56.5 Å². The third-order valence-electron chi connectivity index (χ3n) is 6.16. The number of piperidine rings is 1. The van der Waals surface area contributed by atoms with Crippen molar-refractivity contribution in [2.75, 3.05) is 13.1 Å². The van der Waals surface area contributed by atoms with E-state index in [4.69, 9.17) is 5.73 Å². The fourth-order valence-corrected chi connectivity index (χ4v) is 4.50. The lowest BCUT2D eigenvalue weighted by molar-refractivity contribution is -0.131. The molecule has 1 aliphatic heterocycles. The molecule has 1 aromatic heterocycles. The van der Waals surface area contributed by atoms with Gasteiger partial charge in [0.05, 0.1) is 12.7 Å². The highest BCUT2D eigenvalue weighted by molar-refractivity contribution is 5.98. The Morgan fingerprint density at radius 1 is 1.21 bits per heavy atom. The molecule has 0 bridgehead atoms. The number of primary amides is 1. The maximum atomic E-state index is 12.5. The number of H-pyrrole nitrogens is 1. The van der Waals surface area contributed by atoms with Crippen LogP contribution in [0.25, 0.3) is 5.57 Å². The Bertz CT molecular complexity index is 909. The third kappa shape index (κ3) is 4.42. The average Bonchev–Trinajstić information content (AvgIpc) is 3.27. The molecule has 1 aliphatic carbocycles. The van der Waals surface area contributed by atoms with Gasteiger partial charge in [0.25, 0.3) is 0 Å². The summed E-state index contributed by atoms with van der Waals surface area (Å²) < 4.78 is 0. The first-order chi connectivity index (χ1) is 14.1. The quantitative estimate of drug-likeness (QED) is 0.817. The predicted octanol–water partition coefficient (Wildman–Crippen LogP) is 3.41. The number of carbonyl (C=O) groups is 2. The lowest BCUT2D eigenvalue weighted by atomic mass is 9.84. The Labute approximate surface area is 171 Å². The van der Waals surface area contributed by atoms with Gasteiger partial charge in [0, 0.05) is 30.5 Å². The second-order valence-corrected chi connectivity index (χ2v) is 8.05. The molecule has 3 N–H and O–H groups in total. The number of benzene rings is 1. The molecule has 152 valence electrons. The van der Waals surface area contributed by atoms with Crippen LogP contribution in [0, 0.1) is 0 Å². The fourth-order valence-electron chi connectivity index (χ4n) is 4.50. The van der Waals surface area contributed by atoms with E-state index in [1.165, 1.54) is 17.6 Å². The van der Waals surface area contributed by atoms with Crippen molar-refractivity contribution in [1.82, 2.24) is 14.9 Å². The van der Waals surface area contributed by atoms with Gasteiger partial charge in [0.2, 0.25) is 11.8 Å². The molecule has 6 nitrogen and oxygen atoms in total. The van der Waals surface area contributed by atoms with Crippen LogP contribution in [0.4, 0.5) is 0 Å². The lowest BCUT2D eigenvalue weighted by Crippen LogP contribution is -2.38. The highest BCUT2D eigenvalue weighted by atomic mass is 16.2. The number of nitrogens with two attached hydrogens (primary N) is 1. The second-order valence-electron chi connectivity index (χ2n) is 8.05.